The molecule has 2 heterocycles. The Balaban J connectivity index is 2.33. The van der Waals surface area contributed by atoms with Crippen LogP contribution in [0, 0.1) is 11.6 Å². The molecule has 0 saturated carbocycles. The van der Waals surface area contributed by atoms with Crippen LogP contribution in [0.4, 0.5) is 8.78 Å². The first-order valence-corrected chi connectivity index (χ1v) is 5.58. The molecule has 3 aromatic rings. The molecule has 3 nitrogen and oxygen atoms in total. The second kappa shape index (κ2) is 4.28. The van der Waals surface area contributed by atoms with Gasteiger partial charge in [0, 0.05) is 12.3 Å². The number of imidazole rings is 1. The minimum Gasteiger partial charge on any atom is -0.299 e. The molecule has 0 N–H and O–H groups in total. The maximum atomic E-state index is 13.8. The number of carbonyl (C=O) groups is 1. The van der Waals surface area contributed by atoms with Gasteiger partial charge in [0.15, 0.2) is 6.29 Å². The molecule has 0 amide bonds. The standard InChI is InChI=1S/C14H8F2N2O/c15-9-4-5-10(11(16)7-9)14-17-12(8-19)13-3-1-2-6-18(13)14/h1-8H. The van der Waals surface area contributed by atoms with Crippen molar-refractivity contribution in [3.8, 4) is 11.4 Å². The summed E-state index contributed by atoms with van der Waals surface area (Å²) in [7, 11) is 0. The molecule has 0 atom stereocenters. The number of aldehydes is 1. The highest BCUT2D eigenvalue weighted by Gasteiger charge is 2.15. The number of nitrogens with zero attached hydrogens (tertiary/aromatic N) is 2. The number of fused-ring (bicyclic) bond motifs is 1. The number of rotatable bonds is 2. The first kappa shape index (κ1) is 11.5. The number of hydrogen-bond donors (Lipinski definition) is 0. The quantitative estimate of drug-likeness (QED) is 0.662. The Morgan fingerprint density at radius 2 is 2.00 bits per heavy atom. The normalized spacial score (nSPS) is 10.8. The summed E-state index contributed by atoms with van der Waals surface area (Å²) in [5.41, 5.74) is 0.950. The van der Waals surface area contributed by atoms with Gasteiger partial charge in [0.05, 0.1) is 11.1 Å². The van der Waals surface area contributed by atoms with E-state index in [-0.39, 0.29) is 17.1 Å². The van der Waals surface area contributed by atoms with Gasteiger partial charge in [-0.3, -0.25) is 9.20 Å². The van der Waals surface area contributed by atoms with Gasteiger partial charge in [0.1, 0.15) is 23.2 Å². The van der Waals surface area contributed by atoms with Crippen molar-refractivity contribution in [3.05, 3.63) is 59.9 Å². The highest BCUT2D eigenvalue weighted by Crippen LogP contribution is 2.25. The minimum absolute atomic E-state index is 0.149. The van der Waals surface area contributed by atoms with Crippen LogP contribution in [0.15, 0.2) is 42.6 Å². The third-order valence-corrected chi connectivity index (χ3v) is 2.86. The van der Waals surface area contributed by atoms with Gasteiger partial charge in [0.2, 0.25) is 0 Å². The van der Waals surface area contributed by atoms with Crippen LogP contribution in [0.25, 0.3) is 16.9 Å². The molecule has 0 aliphatic carbocycles. The van der Waals surface area contributed by atoms with Crippen molar-refractivity contribution < 1.29 is 13.6 Å². The minimum atomic E-state index is -0.715. The molecule has 2 aromatic heterocycles. The smallest absolute Gasteiger partial charge is 0.170 e. The van der Waals surface area contributed by atoms with E-state index in [9.17, 15) is 13.6 Å². The van der Waals surface area contributed by atoms with Crippen molar-refractivity contribution in [2.24, 2.45) is 0 Å². The summed E-state index contributed by atoms with van der Waals surface area (Å²) < 4.78 is 28.3. The fraction of sp³-hybridized carbons (Fsp3) is 0. The predicted octanol–water partition coefficient (Wildman–Crippen LogP) is 3.09. The van der Waals surface area contributed by atoms with Crippen LogP contribution in [0.3, 0.4) is 0 Å². The zero-order valence-electron chi connectivity index (χ0n) is 9.68. The summed E-state index contributed by atoms with van der Waals surface area (Å²) in [5, 5.41) is 0. The molecule has 1 aromatic carbocycles. The predicted molar refractivity (Wildman–Crippen MR) is 65.9 cm³/mol. The average Bonchev–Trinajstić information content (AvgIpc) is 2.78. The Kier molecular flexibility index (Phi) is 2.59. The first-order valence-electron chi connectivity index (χ1n) is 5.58. The average molecular weight is 258 g/mol. The highest BCUT2D eigenvalue weighted by atomic mass is 19.1. The van der Waals surface area contributed by atoms with E-state index in [1.165, 1.54) is 6.07 Å². The van der Waals surface area contributed by atoms with Crippen molar-refractivity contribution >= 4 is 11.8 Å². The van der Waals surface area contributed by atoms with Crippen LogP contribution < -0.4 is 0 Å². The fourth-order valence-corrected chi connectivity index (χ4v) is 2.01. The number of carbonyl (C=O) groups excluding carboxylic acids is 1. The van der Waals surface area contributed by atoms with Crippen LogP contribution in [0.1, 0.15) is 10.5 Å². The Morgan fingerprint density at radius 3 is 2.74 bits per heavy atom. The first-order chi connectivity index (χ1) is 9.20. The highest BCUT2D eigenvalue weighted by molar-refractivity contribution is 5.86. The summed E-state index contributed by atoms with van der Waals surface area (Å²) in [6.07, 6.45) is 2.29. The van der Waals surface area contributed by atoms with E-state index < -0.39 is 11.6 Å². The lowest BCUT2D eigenvalue weighted by Gasteiger charge is -2.02. The third kappa shape index (κ3) is 1.79. The van der Waals surface area contributed by atoms with Gasteiger partial charge in [-0.05, 0) is 24.3 Å². The second-order valence-electron chi connectivity index (χ2n) is 4.02. The molecule has 0 spiro atoms. The molecule has 3 rings (SSSR count). The number of aromatic nitrogens is 2. The SMILES string of the molecule is O=Cc1nc(-c2ccc(F)cc2F)n2ccccc12. The van der Waals surface area contributed by atoms with Gasteiger partial charge in [-0.25, -0.2) is 13.8 Å². The van der Waals surface area contributed by atoms with E-state index >= 15 is 0 Å². The molecule has 0 saturated heterocycles. The topological polar surface area (TPSA) is 34.4 Å². The molecule has 0 aliphatic heterocycles. The van der Waals surface area contributed by atoms with E-state index in [2.05, 4.69) is 4.98 Å². The third-order valence-electron chi connectivity index (χ3n) is 2.86. The van der Waals surface area contributed by atoms with Crippen molar-refractivity contribution in [1.82, 2.24) is 9.38 Å². The van der Waals surface area contributed by atoms with Crippen LogP contribution >= 0.6 is 0 Å². The Hall–Kier alpha value is -2.56. The van der Waals surface area contributed by atoms with Gasteiger partial charge in [-0.1, -0.05) is 6.07 Å². The molecule has 0 fully saturated rings. The van der Waals surface area contributed by atoms with Gasteiger partial charge < -0.3 is 0 Å². The lowest BCUT2D eigenvalue weighted by Crippen LogP contribution is -1.92. The summed E-state index contributed by atoms with van der Waals surface area (Å²) >= 11 is 0. The van der Waals surface area contributed by atoms with E-state index in [0.29, 0.717) is 11.8 Å². The van der Waals surface area contributed by atoms with E-state index in [1.54, 1.807) is 28.8 Å². The summed E-state index contributed by atoms with van der Waals surface area (Å²) in [4.78, 5) is 15.1. The zero-order chi connectivity index (χ0) is 13.4. The van der Waals surface area contributed by atoms with Crippen LogP contribution in [-0.4, -0.2) is 15.7 Å². The molecule has 0 bridgehead atoms. The van der Waals surface area contributed by atoms with Crippen LogP contribution in [0.5, 0.6) is 0 Å². The largest absolute Gasteiger partial charge is 0.299 e. The Labute approximate surface area is 107 Å². The summed E-state index contributed by atoms with van der Waals surface area (Å²) in [6, 6.07) is 8.47. The van der Waals surface area contributed by atoms with Crippen LogP contribution in [0.2, 0.25) is 0 Å². The van der Waals surface area contributed by atoms with E-state index in [4.69, 9.17) is 0 Å². The molecule has 94 valence electrons. The van der Waals surface area contributed by atoms with Gasteiger partial charge in [-0.15, -0.1) is 0 Å². The monoisotopic (exact) mass is 258 g/mol. The second-order valence-corrected chi connectivity index (χ2v) is 4.02. The lowest BCUT2D eigenvalue weighted by atomic mass is 10.2. The number of halogens is 2. The van der Waals surface area contributed by atoms with Crippen molar-refractivity contribution in [2.75, 3.05) is 0 Å². The molecule has 0 radical (unpaired) electrons. The van der Waals surface area contributed by atoms with E-state index in [1.807, 2.05) is 0 Å². The maximum Gasteiger partial charge on any atom is 0.170 e. The fourth-order valence-electron chi connectivity index (χ4n) is 2.01. The summed E-state index contributed by atoms with van der Waals surface area (Å²) in [6.45, 7) is 0. The molecule has 0 aliphatic rings. The van der Waals surface area contributed by atoms with Gasteiger partial charge in [-0.2, -0.15) is 0 Å². The maximum absolute atomic E-state index is 13.8. The van der Waals surface area contributed by atoms with Crippen molar-refractivity contribution in [3.63, 3.8) is 0 Å². The van der Waals surface area contributed by atoms with E-state index in [0.717, 1.165) is 12.1 Å². The number of pyridine rings is 1. The zero-order valence-corrected chi connectivity index (χ0v) is 9.68. The van der Waals surface area contributed by atoms with Gasteiger partial charge in [0.25, 0.3) is 0 Å². The molecular weight excluding hydrogens is 250 g/mol. The van der Waals surface area contributed by atoms with Crippen molar-refractivity contribution in [1.29, 1.82) is 0 Å². The number of hydrogen-bond acceptors (Lipinski definition) is 2. The van der Waals surface area contributed by atoms with Crippen LogP contribution in [-0.2, 0) is 0 Å². The molecule has 5 heteroatoms. The molecule has 0 unspecified atom stereocenters. The Bertz CT molecular complexity index is 780. The molecular formula is C14H8F2N2O. The summed E-state index contributed by atoms with van der Waals surface area (Å²) in [5.74, 6) is -1.10. The number of benzene rings is 1. The molecule has 19 heavy (non-hydrogen) atoms. The Morgan fingerprint density at radius 1 is 1.16 bits per heavy atom. The van der Waals surface area contributed by atoms with Crippen molar-refractivity contribution in [2.45, 2.75) is 0 Å². The van der Waals surface area contributed by atoms with Gasteiger partial charge >= 0.3 is 0 Å². The lowest BCUT2D eigenvalue weighted by molar-refractivity contribution is 0.112.